The fourth-order valence-corrected chi connectivity index (χ4v) is 5.29. The number of thiazole rings is 4. The van der Waals surface area contributed by atoms with Crippen LogP contribution in [0, 0.1) is 0 Å². The van der Waals surface area contributed by atoms with Crippen LogP contribution in [0.1, 0.15) is 49.4 Å². The molecule has 11 nitrogen and oxygen atoms in total. The van der Waals surface area contributed by atoms with Gasteiger partial charge in [-0.1, -0.05) is 6.20 Å². The Hall–Kier alpha value is -2.75. The third kappa shape index (κ3) is 6.28. The van der Waals surface area contributed by atoms with E-state index in [4.69, 9.17) is 9.47 Å². The molecule has 0 spiro atoms. The Kier molecular flexibility index (Phi) is 9.42. The minimum absolute atomic E-state index is 0. The number of hydrogen-bond donors (Lipinski definition) is 0. The molecule has 0 aliphatic heterocycles. The van der Waals surface area contributed by atoms with Crippen molar-refractivity contribution in [1.82, 2.24) is 19.9 Å². The minimum Gasteiger partial charge on any atom is -0.462 e. The number of hydrogen-bond acceptors (Lipinski definition) is 13. The maximum Gasteiger partial charge on any atom is 2.00 e. The van der Waals surface area contributed by atoms with Gasteiger partial charge in [0.25, 0.3) is 0 Å². The Morgan fingerprint density at radius 1 is 0.943 bits per heavy atom. The summed E-state index contributed by atoms with van der Waals surface area (Å²) in [6.07, 6.45) is 3.15. The van der Waals surface area contributed by atoms with Crippen LogP contribution in [0.2, 0.25) is 0 Å². The zero-order valence-electron chi connectivity index (χ0n) is 17.9. The zero-order chi connectivity index (χ0) is 24.1. The molecule has 0 aliphatic rings. The van der Waals surface area contributed by atoms with E-state index in [1.807, 2.05) is 0 Å². The number of ketones is 1. The van der Waals surface area contributed by atoms with Crippen LogP contribution in [0.4, 0.5) is 10.3 Å². The van der Waals surface area contributed by atoms with Crippen LogP contribution in [0.25, 0.3) is 0 Å². The largest absolute Gasteiger partial charge is 2.00 e. The fraction of sp³-hybridized carbons (Fsp3) is 0.211. The van der Waals surface area contributed by atoms with Crippen molar-refractivity contribution in [3.63, 3.8) is 0 Å². The molecule has 0 atom stereocenters. The van der Waals surface area contributed by atoms with Crippen molar-refractivity contribution >= 4 is 73.3 Å². The molecule has 0 N–H and O–H groups in total. The molecule has 1 radical (unpaired) electrons. The van der Waals surface area contributed by atoms with Gasteiger partial charge in [0.05, 0.1) is 13.2 Å². The molecule has 0 saturated heterocycles. The molecule has 185 valence electrons. The fourth-order valence-electron chi connectivity index (χ4n) is 2.51. The molecule has 0 saturated carbocycles. The second-order valence-corrected chi connectivity index (χ2v) is 9.67. The van der Waals surface area contributed by atoms with Gasteiger partial charge in [-0.05, 0) is 24.0 Å². The van der Waals surface area contributed by atoms with E-state index in [0.717, 1.165) is 22.7 Å². The second kappa shape index (κ2) is 12.3. The third-order valence-electron chi connectivity index (χ3n) is 3.80. The average Bonchev–Trinajstić information content (AvgIpc) is 3.62. The first-order chi connectivity index (χ1) is 16.5. The van der Waals surface area contributed by atoms with Crippen LogP contribution >= 0.6 is 45.3 Å². The molecular weight excluding hydrogens is 584 g/mol. The molecule has 0 bridgehead atoms. The quantitative estimate of drug-likeness (QED) is 0.170. The van der Waals surface area contributed by atoms with Gasteiger partial charge in [-0.2, -0.15) is 11.3 Å². The van der Waals surface area contributed by atoms with Gasteiger partial charge in [-0.3, -0.25) is 4.79 Å². The molecule has 0 fully saturated rings. The van der Waals surface area contributed by atoms with Crippen LogP contribution in [-0.4, -0.2) is 40.9 Å². The topological polar surface area (TPSA) is 148 Å². The summed E-state index contributed by atoms with van der Waals surface area (Å²) in [4.78, 5) is 64.2. The van der Waals surface area contributed by atoms with Gasteiger partial charge in [-0.15, -0.1) is 34.0 Å². The predicted molar refractivity (Wildman–Crippen MR) is 125 cm³/mol. The van der Waals surface area contributed by atoms with Gasteiger partial charge < -0.3 is 29.4 Å². The predicted octanol–water partition coefficient (Wildman–Crippen LogP) is 2.68. The van der Waals surface area contributed by atoms with E-state index in [1.165, 1.54) is 22.7 Å². The smallest absolute Gasteiger partial charge is 0.462 e. The normalized spacial score (nSPS) is 11.8. The number of nitrogens with zero attached hydrogens (tertiary/aromatic N) is 6. The van der Waals surface area contributed by atoms with Crippen LogP contribution < -0.4 is 19.6 Å². The Morgan fingerprint density at radius 2 is 1.66 bits per heavy atom. The van der Waals surface area contributed by atoms with E-state index in [1.54, 1.807) is 37.0 Å². The summed E-state index contributed by atoms with van der Waals surface area (Å²) in [6, 6.07) is 0. The second-order valence-electron chi connectivity index (χ2n) is 5.97. The van der Waals surface area contributed by atoms with E-state index in [0.29, 0.717) is 9.93 Å². The average molecular weight is 598 g/mol. The number of carbonyl (C=O) groups excluding carboxylic acids is 3. The zero-order valence-corrected chi connectivity index (χ0v) is 22.1. The van der Waals surface area contributed by atoms with E-state index in [2.05, 4.69) is 29.9 Å². The van der Waals surface area contributed by atoms with E-state index >= 15 is 0 Å². The third-order valence-corrected chi connectivity index (χ3v) is 6.99. The summed E-state index contributed by atoms with van der Waals surface area (Å²) in [5.41, 5.74) is -0.453. The molecule has 0 aliphatic carbocycles. The van der Waals surface area contributed by atoms with Crippen LogP contribution in [-0.2, 0) is 26.5 Å². The Balaban J connectivity index is 0.00000342. The minimum atomic E-state index is -0.750. The summed E-state index contributed by atoms with van der Waals surface area (Å²) < 4.78 is 10.2. The van der Waals surface area contributed by atoms with Gasteiger partial charge in [0, 0.05) is 22.1 Å². The first-order valence-electron chi connectivity index (χ1n) is 9.63. The van der Waals surface area contributed by atoms with E-state index in [9.17, 15) is 14.4 Å². The maximum atomic E-state index is 13.5. The first-order valence-corrected chi connectivity index (χ1v) is 13.0. The van der Waals surface area contributed by atoms with Gasteiger partial charge in [-0.25, -0.2) is 19.6 Å². The summed E-state index contributed by atoms with van der Waals surface area (Å²) in [6.45, 7) is 3.50. The number of esters is 2. The number of aromatic nitrogens is 4. The van der Waals surface area contributed by atoms with Crippen LogP contribution in [0.15, 0.2) is 33.1 Å². The Bertz CT molecular complexity index is 1450. The Labute approximate surface area is 224 Å². The number of carbonyl (C=O) groups is 3. The van der Waals surface area contributed by atoms with Crippen molar-refractivity contribution in [1.29, 1.82) is 0 Å². The van der Waals surface area contributed by atoms with E-state index < -0.39 is 17.7 Å². The van der Waals surface area contributed by atoms with Gasteiger partial charge in [0.15, 0.2) is 0 Å². The van der Waals surface area contributed by atoms with Crippen LogP contribution in [0.5, 0.6) is 0 Å². The van der Waals surface area contributed by atoms with Gasteiger partial charge >= 0.3 is 29.0 Å². The molecule has 4 rings (SSSR count). The molecule has 4 aromatic heterocycles. The molecule has 4 aromatic rings. The summed E-state index contributed by atoms with van der Waals surface area (Å²) >= 11 is 4.31. The molecule has 16 heteroatoms. The number of ether oxygens (including phenoxy) is 2. The maximum absolute atomic E-state index is 13.5. The first kappa shape index (κ1) is 26.8. The van der Waals surface area contributed by atoms with Gasteiger partial charge in [0.2, 0.25) is 5.78 Å². The summed E-state index contributed by atoms with van der Waals surface area (Å²) in [7, 11) is 0. The molecule has 0 aromatic carbocycles. The Morgan fingerprint density at radius 3 is 2.29 bits per heavy atom. The van der Waals surface area contributed by atoms with Crippen molar-refractivity contribution in [2.45, 2.75) is 13.8 Å². The molecule has 4 heterocycles. The summed E-state index contributed by atoms with van der Waals surface area (Å²) in [5, 5.41) is 4.02. The van der Waals surface area contributed by atoms with Crippen LogP contribution in [0.3, 0.4) is 0 Å². The SMILES string of the molecule is CCOC(=O)c1sc(/N=c2\[n-]ccs2)nc1C(=O)c1[n-]/c(=N\c2nccs2)sc1C(=O)OCC.[Cu+2]. The molecule has 0 unspecified atom stereocenters. The van der Waals surface area contributed by atoms with Crippen molar-refractivity contribution in [3.05, 3.63) is 53.9 Å². The molecular formula is C19H14CuN6O5S4. The van der Waals surface area contributed by atoms with Gasteiger partial charge in [0.1, 0.15) is 25.7 Å². The number of rotatable bonds is 8. The molecule has 0 amide bonds. The van der Waals surface area contributed by atoms with Crippen molar-refractivity contribution in [2.75, 3.05) is 13.2 Å². The van der Waals surface area contributed by atoms with Crippen molar-refractivity contribution < 1.29 is 40.9 Å². The monoisotopic (exact) mass is 597 g/mol. The standard InChI is InChI=1S/C19H16N6O5S4.Cu/c1-3-29-14(27)12-9(22-18(33-12)24-16-20-5-7-31-16)11(26)10-13(15(28)30-4-2)34-19(23-10)25-17-21-6-8-32-17;/h5-8H,3-4H2,1-2H3,(H2,20,21,22,23,24,25,27,28);/q;+2/p-2. The summed E-state index contributed by atoms with van der Waals surface area (Å²) in [5.74, 6) is -2.21. The van der Waals surface area contributed by atoms with E-state index in [-0.39, 0.29) is 61.4 Å². The van der Waals surface area contributed by atoms with Crippen molar-refractivity contribution in [3.8, 4) is 0 Å². The molecule has 35 heavy (non-hydrogen) atoms. The van der Waals surface area contributed by atoms with Crippen molar-refractivity contribution in [2.24, 2.45) is 9.98 Å².